The molecule has 2 N–H and O–H groups in total. The zero-order chi connectivity index (χ0) is 14.4. The van der Waals surface area contributed by atoms with Crippen molar-refractivity contribution in [3.05, 3.63) is 34.9 Å². The highest BCUT2D eigenvalue weighted by molar-refractivity contribution is 5.95. The average Bonchev–Trinajstić information content (AvgIpc) is 2.36. The molecule has 1 aromatic carbocycles. The fraction of sp³-hybridized carbons (Fsp3) is 0.308. The summed E-state index contributed by atoms with van der Waals surface area (Å²) in [4.78, 5) is 33.1. The van der Waals surface area contributed by atoms with E-state index in [2.05, 4.69) is 0 Å². The van der Waals surface area contributed by atoms with Crippen LogP contribution in [0.4, 0.5) is 0 Å². The van der Waals surface area contributed by atoms with E-state index < -0.39 is 17.9 Å². The third-order valence-electron chi connectivity index (χ3n) is 2.46. The van der Waals surface area contributed by atoms with Crippen LogP contribution in [0, 0.1) is 0 Å². The fourth-order valence-electron chi connectivity index (χ4n) is 1.58. The largest absolute Gasteiger partial charge is 0.481 e. The second-order valence-corrected chi connectivity index (χ2v) is 3.79. The first-order chi connectivity index (χ1) is 8.95. The van der Waals surface area contributed by atoms with Crippen LogP contribution in [0.2, 0.25) is 0 Å². The minimum Gasteiger partial charge on any atom is -0.481 e. The lowest BCUT2D eigenvalue weighted by Crippen LogP contribution is -2.10. The molecule has 1 rings (SSSR count). The van der Waals surface area contributed by atoms with Crippen molar-refractivity contribution in [1.82, 2.24) is 0 Å². The molecule has 0 spiro atoms. The summed E-state index contributed by atoms with van der Waals surface area (Å²) in [5.41, 5.74) is 0.438. The highest BCUT2D eigenvalue weighted by atomic mass is 16.5. The number of hydrogen-bond donors (Lipinski definition) is 2. The van der Waals surface area contributed by atoms with Crippen LogP contribution < -0.4 is 0 Å². The highest BCUT2D eigenvalue weighted by Gasteiger charge is 2.15. The predicted molar refractivity (Wildman–Crippen MR) is 65.3 cm³/mol. The van der Waals surface area contributed by atoms with Crippen LogP contribution in [0.5, 0.6) is 0 Å². The third kappa shape index (κ3) is 4.09. The summed E-state index contributed by atoms with van der Waals surface area (Å²) in [5.74, 6) is -2.81. The van der Waals surface area contributed by atoms with Crippen molar-refractivity contribution in [2.75, 3.05) is 6.61 Å². The van der Waals surface area contributed by atoms with Crippen LogP contribution in [0.25, 0.3) is 0 Å². The third-order valence-corrected chi connectivity index (χ3v) is 2.46. The molecule has 0 fully saturated rings. The Kier molecular flexibility index (Phi) is 5.05. The van der Waals surface area contributed by atoms with E-state index >= 15 is 0 Å². The molecule has 0 atom stereocenters. The molecule has 0 bridgehead atoms. The topological polar surface area (TPSA) is 101 Å². The minimum absolute atomic E-state index is 0.0770. The number of benzene rings is 1. The number of aryl methyl sites for hydroxylation is 1. The standard InChI is InChI=1S/C13H14O6/c1-2-19-13(18)9-4-3-8(5-6-11(14)15)10(7-9)12(16)17/h3-4,7H,2,5-6H2,1H3,(H,14,15)(H,16,17). The molecule has 0 unspecified atom stereocenters. The Morgan fingerprint density at radius 3 is 2.42 bits per heavy atom. The maximum Gasteiger partial charge on any atom is 0.338 e. The molecule has 6 heteroatoms. The van der Waals surface area contributed by atoms with Crippen molar-refractivity contribution in [1.29, 1.82) is 0 Å². The Morgan fingerprint density at radius 2 is 1.89 bits per heavy atom. The van der Waals surface area contributed by atoms with Crippen molar-refractivity contribution in [2.24, 2.45) is 0 Å². The molecule has 0 aliphatic heterocycles. The van der Waals surface area contributed by atoms with Crippen LogP contribution in [0.1, 0.15) is 39.6 Å². The number of aromatic carboxylic acids is 1. The average molecular weight is 266 g/mol. The summed E-state index contributed by atoms with van der Waals surface area (Å²) >= 11 is 0. The van der Waals surface area contributed by atoms with Crippen molar-refractivity contribution >= 4 is 17.9 Å². The number of hydrogen-bond acceptors (Lipinski definition) is 4. The van der Waals surface area contributed by atoms with E-state index in [9.17, 15) is 14.4 Å². The lowest BCUT2D eigenvalue weighted by molar-refractivity contribution is -0.136. The molecule has 0 aliphatic carbocycles. The van der Waals surface area contributed by atoms with Gasteiger partial charge in [-0.3, -0.25) is 4.79 Å². The molecule has 0 saturated heterocycles. The zero-order valence-electron chi connectivity index (χ0n) is 10.4. The van der Waals surface area contributed by atoms with E-state index in [0.717, 1.165) is 0 Å². The molecule has 0 radical (unpaired) electrons. The molecule has 0 amide bonds. The molecule has 102 valence electrons. The molecular formula is C13H14O6. The van der Waals surface area contributed by atoms with E-state index in [0.29, 0.717) is 5.56 Å². The van der Waals surface area contributed by atoms with E-state index in [-0.39, 0.29) is 30.6 Å². The Labute approximate surface area is 109 Å². The molecule has 0 aromatic heterocycles. The van der Waals surface area contributed by atoms with Gasteiger partial charge in [0, 0.05) is 6.42 Å². The van der Waals surface area contributed by atoms with Gasteiger partial charge in [0.25, 0.3) is 0 Å². The number of carbonyl (C=O) groups excluding carboxylic acids is 1. The fourth-order valence-corrected chi connectivity index (χ4v) is 1.58. The summed E-state index contributed by atoms with van der Waals surface area (Å²) in [6.07, 6.45) is -0.0703. The summed E-state index contributed by atoms with van der Waals surface area (Å²) < 4.78 is 4.77. The summed E-state index contributed by atoms with van der Waals surface area (Å²) in [7, 11) is 0. The maximum atomic E-state index is 11.5. The quantitative estimate of drug-likeness (QED) is 0.758. The van der Waals surface area contributed by atoms with Gasteiger partial charge in [0.15, 0.2) is 0 Å². The normalized spacial score (nSPS) is 9.95. The second-order valence-electron chi connectivity index (χ2n) is 3.79. The second kappa shape index (κ2) is 6.53. The minimum atomic E-state index is -1.20. The molecule has 0 saturated carbocycles. The number of carboxylic acids is 2. The smallest absolute Gasteiger partial charge is 0.338 e. The van der Waals surface area contributed by atoms with E-state index in [1.165, 1.54) is 18.2 Å². The van der Waals surface area contributed by atoms with Crippen molar-refractivity contribution < 1.29 is 29.3 Å². The molecular weight excluding hydrogens is 252 g/mol. The van der Waals surface area contributed by atoms with Gasteiger partial charge in [-0.15, -0.1) is 0 Å². The zero-order valence-corrected chi connectivity index (χ0v) is 10.4. The SMILES string of the molecule is CCOC(=O)c1ccc(CCC(=O)O)c(C(=O)O)c1. The van der Waals surface area contributed by atoms with Crippen molar-refractivity contribution in [3.63, 3.8) is 0 Å². The monoisotopic (exact) mass is 266 g/mol. The Morgan fingerprint density at radius 1 is 1.21 bits per heavy atom. The van der Waals surface area contributed by atoms with Crippen molar-refractivity contribution in [3.8, 4) is 0 Å². The summed E-state index contributed by atoms with van der Waals surface area (Å²) in [6, 6.07) is 4.08. The van der Waals surface area contributed by atoms with Crippen molar-refractivity contribution in [2.45, 2.75) is 19.8 Å². The lowest BCUT2D eigenvalue weighted by Gasteiger charge is -2.07. The van der Waals surface area contributed by atoms with E-state index in [1.54, 1.807) is 6.92 Å². The maximum absolute atomic E-state index is 11.5. The Bertz CT molecular complexity index is 506. The number of esters is 1. The first-order valence-corrected chi connectivity index (χ1v) is 5.70. The predicted octanol–water partition coefficient (Wildman–Crippen LogP) is 1.58. The van der Waals surface area contributed by atoms with Gasteiger partial charge < -0.3 is 14.9 Å². The van der Waals surface area contributed by atoms with Crippen LogP contribution in [0.3, 0.4) is 0 Å². The van der Waals surface area contributed by atoms with Gasteiger partial charge in [-0.05, 0) is 31.0 Å². The van der Waals surface area contributed by atoms with E-state index in [1.807, 2.05) is 0 Å². The first kappa shape index (κ1) is 14.7. The molecule has 0 aliphatic rings. The Hall–Kier alpha value is -2.37. The van der Waals surface area contributed by atoms with Gasteiger partial charge in [0.1, 0.15) is 0 Å². The molecule has 6 nitrogen and oxygen atoms in total. The van der Waals surface area contributed by atoms with Gasteiger partial charge >= 0.3 is 17.9 Å². The molecule has 0 heterocycles. The van der Waals surface area contributed by atoms with E-state index in [4.69, 9.17) is 14.9 Å². The molecule has 19 heavy (non-hydrogen) atoms. The van der Waals surface area contributed by atoms with Gasteiger partial charge in [0.2, 0.25) is 0 Å². The summed E-state index contributed by atoms with van der Waals surface area (Å²) in [5, 5.41) is 17.7. The van der Waals surface area contributed by atoms with Gasteiger partial charge in [-0.1, -0.05) is 6.07 Å². The number of ether oxygens (including phenoxy) is 1. The van der Waals surface area contributed by atoms with Crippen LogP contribution in [-0.2, 0) is 16.0 Å². The lowest BCUT2D eigenvalue weighted by atomic mass is 10.00. The van der Waals surface area contributed by atoms with Gasteiger partial charge in [0.05, 0.1) is 17.7 Å². The number of carboxylic acid groups (broad SMARTS) is 2. The molecule has 1 aromatic rings. The van der Waals surface area contributed by atoms with Crippen LogP contribution in [0.15, 0.2) is 18.2 Å². The van der Waals surface area contributed by atoms with Gasteiger partial charge in [-0.25, -0.2) is 9.59 Å². The number of rotatable bonds is 6. The summed E-state index contributed by atoms with van der Waals surface area (Å²) in [6.45, 7) is 1.85. The number of aliphatic carboxylic acids is 1. The van der Waals surface area contributed by atoms with Crippen LogP contribution in [-0.4, -0.2) is 34.7 Å². The highest BCUT2D eigenvalue weighted by Crippen LogP contribution is 2.15. The Balaban J connectivity index is 3.04. The van der Waals surface area contributed by atoms with Gasteiger partial charge in [-0.2, -0.15) is 0 Å². The number of carbonyl (C=O) groups is 3. The van der Waals surface area contributed by atoms with Crippen LogP contribution >= 0.6 is 0 Å². The first-order valence-electron chi connectivity index (χ1n) is 5.70.